The highest BCUT2D eigenvalue weighted by molar-refractivity contribution is 8.00. The van der Waals surface area contributed by atoms with Gasteiger partial charge in [0.2, 0.25) is 0 Å². The van der Waals surface area contributed by atoms with Gasteiger partial charge in [-0.25, -0.2) is 9.36 Å². The number of carbonyl (C=O) groups excluding carboxylic acids is 1. The van der Waals surface area contributed by atoms with Crippen molar-refractivity contribution in [1.29, 1.82) is 0 Å². The first-order valence-corrected chi connectivity index (χ1v) is 10.1. The minimum Gasteiger partial charge on any atom is -0.452 e. The highest BCUT2D eigenvalue weighted by Crippen LogP contribution is 2.55. The van der Waals surface area contributed by atoms with Gasteiger partial charge in [0.15, 0.2) is 0 Å². The van der Waals surface area contributed by atoms with E-state index in [2.05, 4.69) is 0 Å². The second-order valence-electron chi connectivity index (χ2n) is 5.91. The summed E-state index contributed by atoms with van der Waals surface area (Å²) in [5.74, 6) is 0.447. The molecule has 0 aromatic heterocycles. The van der Waals surface area contributed by atoms with Gasteiger partial charge in [-0.3, -0.25) is 4.52 Å². The van der Waals surface area contributed by atoms with Crippen molar-refractivity contribution in [1.82, 2.24) is 0 Å². The maximum absolute atomic E-state index is 12.3. The molecule has 2 aliphatic rings. The fraction of sp³-hybridized carbons (Fsp3) is 0.500. The van der Waals surface area contributed by atoms with Crippen LogP contribution in [-0.4, -0.2) is 58.9 Å². The van der Waals surface area contributed by atoms with Crippen LogP contribution in [0.15, 0.2) is 30.3 Å². The lowest BCUT2D eigenvalue weighted by atomic mass is 9.93. The number of hydrogen-bond acceptors (Lipinski definition) is 7. The van der Waals surface area contributed by atoms with Gasteiger partial charge >= 0.3 is 13.3 Å². The fourth-order valence-electron chi connectivity index (χ4n) is 2.95. The third kappa shape index (κ3) is 3.29. The van der Waals surface area contributed by atoms with Crippen LogP contribution in [0.25, 0.3) is 0 Å². The minimum absolute atomic E-state index is 0.117. The average Bonchev–Trinajstić information content (AvgIpc) is 3.04. The standard InChI is InChI=1S/C14H18BO7PS/c15-12-10-11(14(7-16,21-12)8-24-10)22-23(18,19)13(17)20-6-9-4-2-1-3-5-9/h1-5,10-12,16H,6-8,15H2,(H,18,19)/t10?,11?,12-,14+/m1/s1. The van der Waals surface area contributed by atoms with Crippen LogP contribution in [0, 0.1) is 0 Å². The smallest absolute Gasteiger partial charge is 0.436 e. The molecule has 1 aromatic rings. The molecule has 2 fully saturated rings. The van der Waals surface area contributed by atoms with E-state index in [0.717, 1.165) is 0 Å². The molecule has 2 N–H and O–H groups in total. The Bertz CT molecular complexity index is 660. The Balaban J connectivity index is 1.65. The van der Waals surface area contributed by atoms with E-state index in [1.807, 2.05) is 6.07 Å². The molecule has 0 saturated carbocycles. The minimum atomic E-state index is -4.65. The van der Waals surface area contributed by atoms with Crippen LogP contribution >= 0.6 is 19.4 Å². The first-order chi connectivity index (χ1) is 11.4. The van der Waals surface area contributed by atoms with Crippen molar-refractivity contribution in [3.63, 3.8) is 0 Å². The highest BCUT2D eigenvalue weighted by atomic mass is 32.2. The van der Waals surface area contributed by atoms with Crippen molar-refractivity contribution < 1.29 is 33.4 Å². The zero-order chi connectivity index (χ0) is 17.4. The molecule has 2 saturated heterocycles. The number of benzene rings is 1. The zero-order valence-electron chi connectivity index (χ0n) is 13.0. The van der Waals surface area contributed by atoms with Gasteiger partial charge in [0, 0.05) is 11.8 Å². The fourth-order valence-corrected chi connectivity index (χ4v) is 5.58. The molecule has 3 unspecified atom stereocenters. The van der Waals surface area contributed by atoms with Crippen molar-refractivity contribution in [3.8, 4) is 0 Å². The Kier molecular flexibility index (Phi) is 5.11. The predicted octanol–water partition coefficient (Wildman–Crippen LogP) is 0.730. The molecule has 1 aromatic carbocycles. The second kappa shape index (κ2) is 6.82. The predicted molar refractivity (Wildman–Crippen MR) is 90.8 cm³/mol. The Hall–Kier alpha value is -0.825. The molecule has 2 aliphatic heterocycles. The van der Waals surface area contributed by atoms with E-state index in [4.69, 9.17) is 14.0 Å². The normalized spacial score (nSPS) is 34.0. The molecule has 24 heavy (non-hydrogen) atoms. The number of hydrogen-bond donors (Lipinski definition) is 2. The third-order valence-corrected chi connectivity index (χ3v) is 6.95. The van der Waals surface area contributed by atoms with Crippen molar-refractivity contribution in [3.05, 3.63) is 35.9 Å². The molecule has 7 nitrogen and oxygen atoms in total. The van der Waals surface area contributed by atoms with Crippen LogP contribution in [0.1, 0.15) is 5.56 Å². The molecule has 0 amide bonds. The first-order valence-electron chi connectivity index (χ1n) is 7.51. The molecule has 0 spiro atoms. The van der Waals surface area contributed by atoms with Gasteiger partial charge in [0.05, 0.1) is 11.9 Å². The van der Waals surface area contributed by atoms with E-state index >= 15 is 0 Å². The number of aliphatic hydroxyl groups is 1. The molecule has 2 heterocycles. The molecule has 130 valence electrons. The maximum atomic E-state index is 12.3. The van der Waals surface area contributed by atoms with Gasteiger partial charge in [0.25, 0.3) is 0 Å². The van der Waals surface area contributed by atoms with Gasteiger partial charge in [0.1, 0.15) is 26.2 Å². The SMILES string of the molecule is B[C@@H]1O[C@@]2(CO)CSC1C2OP(=O)(O)C(=O)OCc1ccccc1. The van der Waals surface area contributed by atoms with Crippen LogP contribution in [0.5, 0.6) is 0 Å². The molecule has 2 bridgehead atoms. The van der Waals surface area contributed by atoms with E-state index in [9.17, 15) is 19.4 Å². The van der Waals surface area contributed by atoms with E-state index in [-0.39, 0.29) is 24.5 Å². The van der Waals surface area contributed by atoms with Crippen LogP contribution in [0.4, 0.5) is 4.79 Å². The lowest BCUT2D eigenvalue weighted by Crippen LogP contribution is -2.45. The Morgan fingerprint density at radius 3 is 2.79 bits per heavy atom. The molecule has 5 atom stereocenters. The van der Waals surface area contributed by atoms with Crippen molar-refractivity contribution in [2.24, 2.45) is 0 Å². The van der Waals surface area contributed by atoms with Gasteiger partial charge in [-0.1, -0.05) is 30.3 Å². The van der Waals surface area contributed by atoms with Crippen LogP contribution < -0.4 is 0 Å². The second-order valence-corrected chi connectivity index (χ2v) is 8.69. The summed E-state index contributed by atoms with van der Waals surface area (Å²) in [7, 11) is -2.85. The summed E-state index contributed by atoms with van der Waals surface area (Å²) in [6, 6.07) is 8.60. The molecule has 3 rings (SSSR count). The van der Waals surface area contributed by atoms with E-state index < -0.39 is 25.0 Å². The van der Waals surface area contributed by atoms with Gasteiger partial charge in [-0.2, -0.15) is 11.8 Å². The zero-order valence-corrected chi connectivity index (χ0v) is 14.7. The summed E-state index contributed by atoms with van der Waals surface area (Å²) in [5.41, 5.74) is -1.65. The van der Waals surface area contributed by atoms with Crippen molar-refractivity contribution >= 4 is 32.9 Å². The number of fused-ring (bicyclic) bond motifs is 2. The summed E-state index contributed by atoms with van der Waals surface area (Å²) in [6.45, 7) is -0.459. The largest absolute Gasteiger partial charge is 0.452 e. The average molecular weight is 372 g/mol. The van der Waals surface area contributed by atoms with Gasteiger partial charge in [-0.05, 0) is 5.56 Å². The summed E-state index contributed by atoms with van der Waals surface area (Å²) in [4.78, 5) is 22.0. The Morgan fingerprint density at radius 1 is 1.46 bits per heavy atom. The Morgan fingerprint density at radius 2 is 2.17 bits per heavy atom. The number of carbonyl (C=O) groups is 1. The number of ether oxygens (including phenoxy) is 2. The lowest BCUT2D eigenvalue weighted by Gasteiger charge is -2.29. The number of aliphatic hydroxyl groups excluding tert-OH is 1. The van der Waals surface area contributed by atoms with Crippen LogP contribution in [-0.2, 0) is 25.2 Å². The molecule has 0 aliphatic carbocycles. The van der Waals surface area contributed by atoms with Crippen LogP contribution in [0.2, 0.25) is 0 Å². The van der Waals surface area contributed by atoms with E-state index in [0.29, 0.717) is 11.3 Å². The molecule has 0 radical (unpaired) electrons. The summed E-state index contributed by atoms with van der Waals surface area (Å²) in [5, 5.41) is 9.40. The third-order valence-electron chi connectivity index (χ3n) is 4.18. The molecular weight excluding hydrogens is 354 g/mol. The maximum Gasteiger partial charge on any atom is 0.436 e. The van der Waals surface area contributed by atoms with E-state index in [1.165, 1.54) is 11.8 Å². The summed E-state index contributed by atoms with van der Waals surface area (Å²) >= 11 is 1.50. The topological polar surface area (TPSA) is 102 Å². The van der Waals surface area contributed by atoms with Crippen LogP contribution in [0.3, 0.4) is 0 Å². The van der Waals surface area contributed by atoms with E-state index in [1.54, 1.807) is 32.1 Å². The van der Waals surface area contributed by atoms with Crippen molar-refractivity contribution in [2.75, 3.05) is 12.4 Å². The summed E-state index contributed by atoms with van der Waals surface area (Å²) in [6.07, 6.45) is -0.831. The number of thioether (sulfide) groups is 1. The Labute approximate surface area is 144 Å². The summed E-state index contributed by atoms with van der Waals surface area (Å²) < 4.78 is 28.1. The molecule has 10 heteroatoms. The highest BCUT2D eigenvalue weighted by Gasteiger charge is 2.62. The lowest BCUT2D eigenvalue weighted by molar-refractivity contribution is -0.0738. The molecular formula is C14H18BO7PS. The first kappa shape index (κ1) is 18.0. The number of rotatable bonds is 6. The van der Waals surface area contributed by atoms with Crippen molar-refractivity contribution in [2.45, 2.75) is 29.6 Å². The van der Waals surface area contributed by atoms with Gasteiger partial charge < -0.3 is 19.5 Å². The quantitative estimate of drug-likeness (QED) is 0.557. The van der Waals surface area contributed by atoms with Gasteiger partial charge in [-0.15, -0.1) is 0 Å². The monoisotopic (exact) mass is 372 g/mol.